The minimum atomic E-state index is -0.384. The van der Waals surface area contributed by atoms with E-state index >= 15 is 0 Å². The second-order valence-corrected chi connectivity index (χ2v) is 5.31. The summed E-state index contributed by atoms with van der Waals surface area (Å²) in [6.45, 7) is 0.963. The second-order valence-electron chi connectivity index (χ2n) is 4.45. The fraction of sp³-hybridized carbons (Fsp3) is 0.500. The van der Waals surface area contributed by atoms with Crippen molar-refractivity contribution in [2.45, 2.75) is 25.7 Å². The Balaban J connectivity index is 1.97. The lowest BCUT2D eigenvalue weighted by Crippen LogP contribution is -2.10. The molecule has 1 aromatic rings. The number of nitro groups is 1. The number of benzene rings is 1. The Morgan fingerprint density at radius 1 is 1.41 bits per heavy atom. The van der Waals surface area contributed by atoms with Crippen LogP contribution in [0.1, 0.15) is 25.7 Å². The highest BCUT2D eigenvalue weighted by Gasteiger charge is 2.15. The van der Waals surface area contributed by atoms with Crippen molar-refractivity contribution < 1.29 is 4.92 Å². The van der Waals surface area contributed by atoms with E-state index in [1.54, 1.807) is 12.1 Å². The number of nitrogens with zero attached hydrogens (tertiary/aromatic N) is 1. The van der Waals surface area contributed by atoms with Crippen LogP contribution in [0.2, 0.25) is 0 Å². The third-order valence-electron chi connectivity index (χ3n) is 3.21. The number of hydrogen-bond donors (Lipinski definition) is 1. The maximum absolute atomic E-state index is 10.7. The Morgan fingerprint density at radius 2 is 2.12 bits per heavy atom. The molecule has 0 atom stereocenters. The number of nitro benzene ring substituents is 1. The number of anilines is 1. The molecule has 0 aliphatic heterocycles. The molecule has 1 fully saturated rings. The molecule has 0 aromatic heterocycles. The maximum atomic E-state index is 10.7. The molecule has 1 aliphatic carbocycles. The van der Waals surface area contributed by atoms with Crippen LogP contribution in [0, 0.1) is 16.0 Å². The number of halogens is 1. The van der Waals surface area contributed by atoms with Crippen molar-refractivity contribution in [3.8, 4) is 0 Å². The lowest BCUT2D eigenvalue weighted by molar-refractivity contribution is -0.385. The zero-order valence-electron chi connectivity index (χ0n) is 9.49. The molecular formula is C12H15BrN2O2. The van der Waals surface area contributed by atoms with E-state index in [9.17, 15) is 10.1 Å². The van der Waals surface area contributed by atoms with Gasteiger partial charge in [0.15, 0.2) is 0 Å². The zero-order valence-corrected chi connectivity index (χ0v) is 11.1. The summed E-state index contributed by atoms with van der Waals surface area (Å²) in [5, 5.41) is 14.0. The SMILES string of the molecule is O=[N+]([O-])c1ccc(NCC2CCCC2)cc1Br. The number of nitrogens with one attached hydrogen (secondary N) is 1. The average molecular weight is 299 g/mol. The summed E-state index contributed by atoms with van der Waals surface area (Å²) in [6.07, 6.45) is 5.24. The Kier molecular flexibility index (Phi) is 3.99. The molecule has 92 valence electrons. The van der Waals surface area contributed by atoms with Crippen molar-refractivity contribution in [2.24, 2.45) is 5.92 Å². The molecule has 1 saturated carbocycles. The molecule has 2 rings (SSSR count). The minimum Gasteiger partial charge on any atom is -0.385 e. The van der Waals surface area contributed by atoms with E-state index in [1.165, 1.54) is 31.7 Å². The first-order valence-electron chi connectivity index (χ1n) is 5.84. The van der Waals surface area contributed by atoms with Gasteiger partial charge in [-0.2, -0.15) is 0 Å². The van der Waals surface area contributed by atoms with Crippen LogP contribution < -0.4 is 5.32 Å². The average Bonchev–Trinajstić information content (AvgIpc) is 2.78. The van der Waals surface area contributed by atoms with Crippen LogP contribution in [0.3, 0.4) is 0 Å². The van der Waals surface area contributed by atoms with Gasteiger partial charge in [0.2, 0.25) is 0 Å². The van der Waals surface area contributed by atoms with Crippen molar-refractivity contribution in [3.05, 3.63) is 32.8 Å². The zero-order chi connectivity index (χ0) is 12.3. The fourth-order valence-electron chi connectivity index (χ4n) is 2.24. The Morgan fingerprint density at radius 3 is 2.71 bits per heavy atom. The molecule has 0 radical (unpaired) electrons. The second kappa shape index (κ2) is 5.49. The molecule has 5 heteroatoms. The van der Waals surface area contributed by atoms with Gasteiger partial charge in [-0.25, -0.2) is 0 Å². The maximum Gasteiger partial charge on any atom is 0.283 e. The number of hydrogen-bond acceptors (Lipinski definition) is 3. The Labute approximate surface area is 109 Å². The first kappa shape index (κ1) is 12.4. The van der Waals surface area contributed by atoms with Gasteiger partial charge < -0.3 is 5.32 Å². The predicted octanol–water partition coefficient (Wildman–Crippen LogP) is 3.96. The monoisotopic (exact) mass is 298 g/mol. The summed E-state index contributed by atoms with van der Waals surface area (Å²) >= 11 is 3.22. The smallest absolute Gasteiger partial charge is 0.283 e. The Hall–Kier alpha value is -1.10. The molecule has 1 aliphatic rings. The molecule has 4 nitrogen and oxygen atoms in total. The minimum absolute atomic E-state index is 0.108. The van der Waals surface area contributed by atoms with Crippen molar-refractivity contribution in [1.29, 1.82) is 0 Å². The van der Waals surface area contributed by atoms with E-state index in [2.05, 4.69) is 21.2 Å². The van der Waals surface area contributed by atoms with E-state index in [4.69, 9.17) is 0 Å². The summed E-state index contributed by atoms with van der Waals surface area (Å²) in [5.74, 6) is 0.754. The van der Waals surface area contributed by atoms with Crippen LogP contribution in [0.4, 0.5) is 11.4 Å². The summed E-state index contributed by atoms with van der Waals surface area (Å²) in [6, 6.07) is 5.06. The molecule has 0 amide bonds. The van der Waals surface area contributed by atoms with Gasteiger partial charge in [0.05, 0.1) is 9.40 Å². The fourth-order valence-corrected chi connectivity index (χ4v) is 2.77. The van der Waals surface area contributed by atoms with E-state index in [-0.39, 0.29) is 10.6 Å². The molecule has 1 aromatic carbocycles. The van der Waals surface area contributed by atoms with Crippen molar-refractivity contribution >= 4 is 27.3 Å². The summed E-state index contributed by atoms with van der Waals surface area (Å²) in [5.41, 5.74) is 1.05. The van der Waals surface area contributed by atoms with Crippen molar-refractivity contribution in [1.82, 2.24) is 0 Å². The van der Waals surface area contributed by atoms with Crippen LogP contribution in [-0.2, 0) is 0 Å². The normalized spacial score (nSPS) is 16.1. The molecule has 0 spiro atoms. The van der Waals surface area contributed by atoms with Gasteiger partial charge in [-0.3, -0.25) is 10.1 Å². The van der Waals surface area contributed by atoms with Crippen molar-refractivity contribution in [2.75, 3.05) is 11.9 Å². The molecule has 0 unspecified atom stereocenters. The van der Waals surface area contributed by atoms with Gasteiger partial charge in [-0.1, -0.05) is 12.8 Å². The van der Waals surface area contributed by atoms with Crippen LogP contribution >= 0.6 is 15.9 Å². The highest BCUT2D eigenvalue weighted by atomic mass is 79.9. The summed E-state index contributed by atoms with van der Waals surface area (Å²) < 4.78 is 0.527. The predicted molar refractivity (Wildman–Crippen MR) is 71.2 cm³/mol. The van der Waals surface area contributed by atoms with E-state index in [1.807, 2.05) is 0 Å². The number of rotatable bonds is 4. The highest BCUT2D eigenvalue weighted by molar-refractivity contribution is 9.10. The van der Waals surface area contributed by atoms with Crippen LogP contribution in [0.15, 0.2) is 22.7 Å². The van der Waals surface area contributed by atoms with E-state index < -0.39 is 0 Å². The molecule has 0 bridgehead atoms. The first-order valence-corrected chi connectivity index (χ1v) is 6.64. The summed E-state index contributed by atoms with van der Waals surface area (Å²) in [7, 11) is 0. The largest absolute Gasteiger partial charge is 0.385 e. The van der Waals surface area contributed by atoms with Gasteiger partial charge in [0, 0.05) is 18.3 Å². The quantitative estimate of drug-likeness (QED) is 0.676. The van der Waals surface area contributed by atoms with Crippen LogP contribution in [-0.4, -0.2) is 11.5 Å². The van der Waals surface area contributed by atoms with Gasteiger partial charge in [-0.15, -0.1) is 0 Å². The van der Waals surface area contributed by atoms with Gasteiger partial charge in [0.25, 0.3) is 5.69 Å². The van der Waals surface area contributed by atoms with Gasteiger partial charge >= 0.3 is 0 Å². The lowest BCUT2D eigenvalue weighted by atomic mass is 10.1. The van der Waals surface area contributed by atoms with E-state index in [0.717, 1.165) is 18.2 Å². The molecule has 0 heterocycles. The Bertz CT molecular complexity index is 417. The first-order chi connectivity index (χ1) is 8.16. The third-order valence-corrected chi connectivity index (χ3v) is 3.85. The highest BCUT2D eigenvalue weighted by Crippen LogP contribution is 2.29. The third kappa shape index (κ3) is 3.19. The molecule has 17 heavy (non-hydrogen) atoms. The van der Waals surface area contributed by atoms with Gasteiger partial charge in [0.1, 0.15) is 0 Å². The molecular weight excluding hydrogens is 284 g/mol. The standard InChI is InChI=1S/C12H15BrN2O2/c13-11-7-10(5-6-12(11)15(16)17)14-8-9-3-1-2-4-9/h5-7,9,14H,1-4,8H2. The van der Waals surface area contributed by atoms with Crippen LogP contribution in [0.25, 0.3) is 0 Å². The van der Waals surface area contributed by atoms with E-state index in [0.29, 0.717) is 4.47 Å². The molecule has 1 N–H and O–H groups in total. The van der Waals surface area contributed by atoms with Gasteiger partial charge in [-0.05, 0) is 46.8 Å². The van der Waals surface area contributed by atoms with Crippen LogP contribution in [0.5, 0.6) is 0 Å². The molecule has 0 saturated heterocycles. The lowest BCUT2D eigenvalue weighted by Gasteiger charge is -2.11. The van der Waals surface area contributed by atoms with Crippen molar-refractivity contribution in [3.63, 3.8) is 0 Å². The topological polar surface area (TPSA) is 55.2 Å². The summed E-state index contributed by atoms with van der Waals surface area (Å²) in [4.78, 5) is 10.3.